The summed E-state index contributed by atoms with van der Waals surface area (Å²) in [5.74, 6) is 0.851. The summed E-state index contributed by atoms with van der Waals surface area (Å²) in [4.78, 5) is 39.4. The molecule has 9 heteroatoms. The topological polar surface area (TPSA) is 96.3 Å². The van der Waals surface area contributed by atoms with E-state index in [-0.39, 0.29) is 24.9 Å². The third kappa shape index (κ3) is 2.97. The Hall–Kier alpha value is -3.49. The molecule has 4 heterocycles. The molecule has 1 spiro atoms. The van der Waals surface area contributed by atoms with Crippen LogP contribution < -0.4 is 15.0 Å². The summed E-state index contributed by atoms with van der Waals surface area (Å²) in [6.45, 7) is 2.86. The van der Waals surface area contributed by atoms with Crippen molar-refractivity contribution in [3.05, 3.63) is 51.9 Å². The molecule has 0 unspecified atom stereocenters. The second-order valence-corrected chi connectivity index (χ2v) is 7.70. The molecule has 2 fully saturated rings. The number of carbonyl (C=O) groups excluding carboxylic acids is 2. The number of aromatic nitrogens is 1. The van der Waals surface area contributed by atoms with Crippen molar-refractivity contribution in [3.8, 4) is 17.2 Å². The summed E-state index contributed by atoms with van der Waals surface area (Å²) in [7, 11) is 0. The van der Waals surface area contributed by atoms with E-state index in [0.717, 1.165) is 0 Å². The fourth-order valence-electron chi connectivity index (χ4n) is 4.07. The number of hydrogen-bond acceptors (Lipinski definition) is 7. The molecule has 2 aromatic rings. The van der Waals surface area contributed by atoms with Gasteiger partial charge < -0.3 is 23.8 Å². The van der Waals surface area contributed by atoms with E-state index in [1.807, 2.05) is 0 Å². The number of piperidine rings is 1. The van der Waals surface area contributed by atoms with Gasteiger partial charge >= 0.3 is 6.16 Å². The Labute approximate surface area is 171 Å². The highest BCUT2D eigenvalue weighted by molar-refractivity contribution is 5.95. The number of fused-ring (bicyclic) bond motifs is 1. The lowest BCUT2D eigenvalue weighted by molar-refractivity contribution is 0.00274. The van der Waals surface area contributed by atoms with Crippen LogP contribution in [0.2, 0.25) is 0 Å². The fourth-order valence-corrected chi connectivity index (χ4v) is 4.07. The van der Waals surface area contributed by atoms with E-state index in [9.17, 15) is 14.4 Å². The van der Waals surface area contributed by atoms with Crippen LogP contribution in [0.5, 0.6) is 11.5 Å². The molecule has 0 aliphatic carbocycles. The van der Waals surface area contributed by atoms with Crippen molar-refractivity contribution in [1.29, 1.82) is 0 Å². The molecule has 0 bridgehead atoms. The molecule has 0 N–H and O–H groups in total. The molecule has 5 rings (SSSR count). The van der Waals surface area contributed by atoms with Gasteiger partial charge in [-0.1, -0.05) is 0 Å². The Morgan fingerprint density at radius 1 is 1.03 bits per heavy atom. The zero-order valence-corrected chi connectivity index (χ0v) is 16.4. The first-order valence-electron chi connectivity index (χ1n) is 9.73. The summed E-state index contributed by atoms with van der Waals surface area (Å²) in [5, 5.41) is 0. The van der Waals surface area contributed by atoms with Gasteiger partial charge in [-0.25, -0.2) is 4.79 Å². The zero-order valence-electron chi connectivity index (χ0n) is 16.4. The van der Waals surface area contributed by atoms with Gasteiger partial charge in [-0.3, -0.25) is 14.2 Å². The molecule has 0 saturated carbocycles. The van der Waals surface area contributed by atoms with Gasteiger partial charge in [0.25, 0.3) is 11.5 Å². The lowest BCUT2D eigenvalue weighted by Gasteiger charge is -2.36. The Bertz CT molecular complexity index is 1100. The molecular formula is C21H20N2O7. The summed E-state index contributed by atoms with van der Waals surface area (Å²) >= 11 is 0. The monoisotopic (exact) mass is 412 g/mol. The molecule has 2 saturated heterocycles. The second kappa shape index (κ2) is 6.79. The third-order valence-electron chi connectivity index (χ3n) is 5.86. The predicted molar refractivity (Wildman–Crippen MR) is 103 cm³/mol. The van der Waals surface area contributed by atoms with Gasteiger partial charge in [0.15, 0.2) is 17.1 Å². The quantitative estimate of drug-likeness (QED) is 0.696. The maximum atomic E-state index is 13.2. The van der Waals surface area contributed by atoms with Crippen molar-refractivity contribution < 1.29 is 28.5 Å². The Morgan fingerprint density at radius 2 is 1.80 bits per heavy atom. The van der Waals surface area contributed by atoms with Crippen LogP contribution in [0.15, 0.2) is 35.3 Å². The number of amides is 1. The maximum absolute atomic E-state index is 13.2. The average molecular weight is 412 g/mol. The number of pyridine rings is 1. The molecule has 1 amide bonds. The van der Waals surface area contributed by atoms with Crippen molar-refractivity contribution >= 4 is 12.1 Å². The van der Waals surface area contributed by atoms with Gasteiger partial charge in [-0.2, -0.15) is 0 Å². The highest BCUT2D eigenvalue weighted by Crippen LogP contribution is 2.34. The molecule has 3 aliphatic rings. The lowest BCUT2D eigenvalue weighted by atomic mass is 9.92. The first kappa shape index (κ1) is 18.5. The predicted octanol–water partition coefficient (Wildman–Crippen LogP) is 2.02. The summed E-state index contributed by atoms with van der Waals surface area (Å²) in [6.07, 6.45) is 1.94. The van der Waals surface area contributed by atoms with E-state index in [1.165, 1.54) is 4.57 Å². The van der Waals surface area contributed by atoms with Crippen LogP contribution in [0.4, 0.5) is 4.79 Å². The number of cyclic esters (lactones) is 1. The average Bonchev–Trinajstić information content (AvgIpc) is 3.34. The minimum absolute atomic E-state index is 0.130. The van der Waals surface area contributed by atoms with Crippen LogP contribution in [0.3, 0.4) is 0 Å². The highest BCUT2D eigenvalue weighted by Gasteiger charge is 2.45. The van der Waals surface area contributed by atoms with E-state index in [1.54, 1.807) is 42.3 Å². The molecule has 30 heavy (non-hydrogen) atoms. The van der Waals surface area contributed by atoms with Crippen LogP contribution in [-0.4, -0.2) is 53.6 Å². The normalized spacial score (nSPS) is 19.0. The fraction of sp³-hybridized carbons (Fsp3) is 0.381. The molecule has 0 radical (unpaired) electrons. The van der Waals surface area contributed by atoms with Crippen LogP contribution in [0.25, 0.3) is 5.69 Å². The minimum atomic E-state index is -0.666. The van der Waals surface area contributed by atoms with Gasteiger partial charge in [0.1, 0.15) is 12.2 Å². The molecule has 1 aromatic heterocycles. The summed E-state index contributed by atoms with van der Waals surface area (Å²) in [5.41, 5.74) is 0.274. The maximum Gasteiger partial charge on any atom is 0.509 e. The number of carbonyl (C=O) groups is 2. The van der Waals surface area contributed by atoms with E-state index in [0.29, 0.717) is 48.7 Å². The van der Waals surface area contributed by atoms with Crippen LogP contribution >= 0.6 is 0 Å². The molecule has 0 atom stereocenters. The number of likely N-dealkylation sites (tertiary alicyclic amines) is 1. The third-order valence-corrected chi connectivity index (χ3v) is 5.86. The number of benzene rings is 1. The minimum Gasteiger partial charge on any atom is -0.454 e. The van der Waals surface area contributed by atoms with Crippen LogP contribution in [0.1, 0.15) is 28.8 Å². The van der Waals surface area contributed by atoms with Crippen molar-refractivity contribution in [3.63, 3.8) is 0 Å². The van der Waals surface area contributed by atoms with Crippen molar-refractivity contribution in [2.24, 2.45) is 0 Å². The van der Waals surface area contributed by atoms with Gasteiger partial charge in [0.05, 0.1) is 5.69 Å². The number of nitrogens with zero attached hydrogens (tertiary/aromatic N) is 2. The van der Waals surface area contributed by atoms with E-state index in [2.05, 4.69) is 0 Å². The van der Waals surface area contributed by atoms with Gasteiger partial charge in [0.2, 0.25) is 6.79 Å². The van der Waals surface area contributed by atoms with Crippen molar-refractivity contribution in [2.45, 2.75) is 25.4 Å². The summed E-state index contributed by atoms with van der Waals surface area (Å²) < 4.78 is 22.4. The van der Waals surface area contributed by atoms with Crippen LogP contribution in [0, 0.1) is 6.92 Å². The number of aryl methyl sites for hydroxylation is 1. The number of ether oxygens (including phenoxy) is 4. The smallest absolute Gasteiger partial charge is 0.454 e. The highest BCUT2D eigenvalue weighted by atomic mass is 16.8. The van der Waals surface area contributed by atoms with E-state index < -0.39 is 17.3 Å². The number of hydrogen-bond donors (Lipinski definition) is 0. The SMILES string of the molecule is Cc1ccn(-c2ccc3c(c2)OCO3)c(=O)c1C(=O)N1CCC2(CC1)COC(=O)O2. The van der Waals surface area contributed by atoms with Gasteiger partial charge in [-0.15, -0.1) is 0 Å². The Kier molecular flexibility index (Phi) is 4.19. The summed E-state index contributed by atoms with van der Waals surface area (Å²) in [6, 6.07) is 6.95. The molecule has 9 nitrogen and oxygen atoms in total. The largest absolute Gasteiger partial charge is 0.509 e. The molecule has 1 aromatic carbocycles. The Morgan fingerprint density at radius 3 is 2.53 bits per heavy atom. The Balaban J connectivity index is 1.42. The second-order valence-electron chi connectivity index (χ2n) is 7.70. The van der Waals surface area contributed by atoms with Gasteiger partial charge in [0, 0.05) is 38.2 Å². The molecule has 156 valence electrons. The van der Waals surface area contributed by atoms with Crippen molar-refractivity contribution in [1.82, 2.24) is 9.47 Å². The first-order valence-corrected chi connectivity index (χ1v) is 9.73. The first-order chi connectivity index (χ1) is 14.5. The standard InChI is InChI=1S/C21H20N2O7/c1-13-4-7-23(14-2-3-15-16(10-14)29-12-28-15)19(25)17(13)18(24)22-8-5-21(6-9-22)11-27-20(26)30-21/h2-4,7,10H,5-6,8-9,11-12H2,1H3. The van der Waals surface area contributed by atoms with Crippen molar-refractivity contribution in [2.75, 3.05) is 26.5 Å². The van der Waals surface area contributed by atoms with Gasteiger partial charge in [-0.05, 0) is 30.7 Å². The van der Waals surface area contributed by atoms with E-state index >= 15 is 0 Å². The van der Waals surface area contributed by atoms with Crippen LogP contribution in [-0.2, 0) is 9.47 Å². The lowest BCUT2D eigenvalue weighted by Crippen LogP contribution is -2.49. The zero-order chi connectivity index (χ0) is 20.9. The van der Waals surface area contributed by atoms with E-state index in [4.69, 9.17) is 18.9 Å². The molecule has 3 aliphatic heterocycles. The molecular weight excluding hydrogens is 392 g/mol. The number of rotatable bonds is 2.